The first-order valence-electron chi connectivity index (χ1n) is 8.33. The van der Waals surface area contributed by atoms with Crippen molar-refractivity contribution in [1.29, 1.82) is 0 Å². The van der Waals surface area contributed by atoms with Gasteiger partial charge in [-0.25, -0.2) is 4.98 Å². The summed E-state index contributed by atoms with van der Waals surface area (Å²) in [5.41, 5.74) is 22.0. The van der Waals surface area contributed by atoms with Gasteiger partial charge in [0.1, 0.15) is 11.0 Å². The quantitative estimate of drug-likeness (QED) is 0.317. The molecule has 0 atom stereocenters. The summed E-state index contributed by atoms with van der Waals surface area (Å²) in [4.78, 5) is 4.85. The highest BCUT2D eigenvalue weighted by molar-refractivity contribution is 5.87. The van der Waals surface area contributed by atoms with E-state index in [0.717, 1.165) is 50.3 Å². The molecule has 0 aliphatic carbocycles. The minimum absolute atomic E-state index is 0.759. The highest BCUT2D eigenvalue weighted by Crippen LogP contribution is 2.25. The molecule has 0 saturated carbocycles. The van der Waals surface area contributed by atoms with Crippen molar-refractivity contribution in [2.45, 2.75) is 20.8 Å². The van der Waals surface area contributed by atoms with Gasteiger partial charge in [-0.1, -0.05) is 17.7 Å². The number of benzene rings is 3. The van der Waals surface area contributed by atoms with Crippen molar-refractivity contribution < 1.29 is 4.57 Å². The number of nitrogen functional groups attached to an aromatic ring is 2. The molecule has 0 spiro atoms. The smallest absolute Gasteiger partial charge is 0.239 e. The van der Waals surface area contributed by atoms with E-state index >= 15 is 0 Å². The number of rotatable bonds is 1. The van der Waals surface area contributed by atoms with Gasteiger partial charge in [0.2, 0.25) is 16.7 Å². The van der Waals surface area contributed by atoms with E-state index in [1.54, 1.807) is 0 Å². The maximum absolute atomic E-state index is 6.19. The first-order chi connectivity index (χ1) is 11.9. The van der Waals surface area contributed by atoms with Crippen LogP contribution in [0.5, 0.6) is 0 Å². The van der Waals surface area contributed by atoms with E-state index in [4.69, 9.17) is 16.5 Å². The highest BCUT2D eigenvalue weighted by Gasteiger charge is 2.21. The molecule has 124 valence electrons. The van der Waals surface area contributed by atoms with Gasteiger partial charge >= 0.3 is 0 Å². The lowest BCUT2D eigenvalue weighted by molar-refractivity contribution is -0.538. The molecule has 0 radical (unpaired) electrons. The predicted octanol–water partition coefficient (Wildman–Crippen LogP) is 3.75. The first-order valence-corrected chi connectivity index (χ1v) is 8.33. The Labute approximate surface area is 146 Å². The van der Waals surface area contributed by atoms with Gasteiger partial charge in [0, 0.05) is 35.6 Å². The van der Waals surface area contributed by atoms with Crippen LogP contribution in [0, 0.1) is 20.8 Å². The average molecular weight is 329 g/mol. The molecule has 0 aliphatic rings. The molecule has 0 amide bonds. The number of nitrogens with two attached hydrogens (primary N) is 2. The van der Waals surface area contributed by atoms with E-state index in [0.29, 0.717) is 0 Å². The number of anilines is 2. The van der Waals surface area contributed by atoms with E-state index in [1.807, 2.05) is 38.1 Å². The fraction of sp³-hybridized carbons (Fsp3) is 0.143. The lowest BCUT2D eigenvalue weighted by Crippen LogP contribution is -2.33. The molecule has 1 aromatic heterocycles. The van der Waals surface area contributed by atoms with Crippen LogP contribution in [0.2, 0.25) is 0 Å². The summed E-state index contributed by atoms with van der Waals surface area (Å²) in [5.74, 6) is 0. The van der Waals surface area contributed by atoms with Gasteiger partial charge in [-0.05, 0) is 44.0 Å². The summed E-state index contributed by atoms with van der Waals surface area (Å²) >= 11 is 0. The Morgan fingerprint density at radius 1 is 0.720 bits per heavy atom. The molecule has 4 nitrogen and oxygen atoms in total. The van der Waals surface area contributed by atoms with Gasteiger partial charge < -0.3 is 11.5 Å². The monoisotopic (exact) mass is 329 g/mol. The predicted molar refractivity (Wildman–Crippen MR) is 104 cm³/mol. The number of hydrogen-bond donors (Lipinski definition) is 2. The van der Waals surface area contributed by atoms with Gasteiger partial charge in [-0.15, -0.1) is 4.57 Å². The van der Waals surface area contributed by atoms with Crippen molar-refractivity contribution in [3.8, 4) is 5.69 Å². The fourth-order valence-corrected chi connectivity index (χ4v) is 3.16. The van der Waals surface area contributed by atoms with Crippen molar-refractivity contribution in [1.82, 2.24) is 4.98 Å². The average Bonchev–Trinajstić information content (AvgIpc) is 2.57. The van der Waals surface area contributed by atoms with Crippen molar-refractivity contribution in [3.05, 3.63) is 65.2 Å². The molecular weight excluding hydrogens is 308 g/mol. The molecule has 0 saturated heterocycles. The minimum Gasteiger partial charge on any atom is -0.398 e. The van der Waals surface area contributed by atoms with Crippen molar-refractivity contribution in [2.24, 2.45) is 0 Å². The molecule has 0 aliphatic heterocycles. The molecule has 0 bridgehead atoms. The summed E-state index contributed by atoms with van der Waals surface area (Å²) in [6, 6.07) is 16.5. The van der Waals surface area contributed by atoms with Crippen molar-refractivity contribution >= 4 is 33.4 Å². The summed E-state index contributed by atoms with van der Waals surface area (Å²) in [6.45, 7) is 6.09. The molecule has 3 aromatic carbocycles. The number of fused-ring (bicyclic) bond motifs is 2. The molecule has 25 heavy (non-hydrogen) atoms. The Bertz CT molecular complexity index is 1060. The highest BCUT2D eigenvalue weighted by atomic mass is 15.0. The SMILES string of the molecule is Cc1ccc(-[n+]2c3cc(N)c(C)cc3nc3cc(C)c(N)cc32)cc1. The summed E-state index contributed by atoms with van der Waals surface area (Å²) in [6.07, 6.45) is 0. The molecule has 0 unspecified atom stereocenters. The second-order valence-electron chi connectivity index (χ2n) is 6.68. The van der Waals surface area contributed by atoms with Crippen molar-refractivity contribution in [2.75, 3.05) is 11.5 Å². The van der Waals surface area contributed by atoms with Crippen LogP contribution in [0.15, 0.2) is 48.5 Å². The van der Waals surface area contributed by atoms with Crippen LogP contribution in [-0.4, -0.2) is 4.98 Å². The fourth-order valence-electron chi connectivity index (χ4n) is 3.16. The Morgan fingerprint density at radius 2 is 1.20 bits per heavy atom. The lowest BCUT2D eigenvalue weighted by Gasteiger charge is -2.09. The maximum atomic E-state index is 6.19. The van der Waals surface area contributed by atoms with Crippen LogP contribution in [0.3, 0.4) is 0 Å². The summed E-state index contributed by atoms with van der Waals surface area (Å²) in [7, 11) is 0. The van der Waals surface area contributed by atoms with Crippen LogP contribution >= 0.6 is 0 Å². The third-order valence-electron chi connectivity index (χ3n) is 4.74. The Balaban J connectivity index is 2.22. The van der Waals surface area contributed by atoms with E-state index in [1.165, 1.54) is 5.56 Å². The summed E-state index contributed by atoms with van der Waals surface area (Å²) < 4.78 is 2.18. The number of hydrogen-bond acceptors (Lipinski definition) is 3. The maximum Gasteiger partial charge on any atom is 0.239 e. The largest absolute Gasteiger partial charge is 0.398 e. The minimum atomic E-state index is 0.759. The van der Waals surface area contributed by atoms with Gasteiger partial charge in [0.15, 0.2) is 0 Å². The Morgan fingerprint density at radius 3 is 1.68 bits per heavy atom. The molecular formula is C21H21N4+. The van der Waals surface area contributed by atoms with Crippen molar-refractivity contribution in [3.63, 3.8) is 0 Å². The first kappa shape index (κ1) is 15.4. The molecule has 4 rings (SSSR count). The van der Waals surface area contributed by atoms with Crippen LogP contribution < -0.4 is 16.0 Å². The van der Waals surface area contributed by atoms with Gasteiger partial charge in [0.05, 0.1) is 0 Å². The molecule has 4 aromatic rings. The zero-order valence-corrected chi connectivity index (χ0v) is 14.7. The van der Waals surface area contributed by atoms with Gasteiger partial charge in [-0.2, -0.15) is 0 Å². The number of nitrogens with zero attached hydrogens (tertiary/aromatic N) is 2. The van der Waals surface area contributed by atoms with Crippen LogP contribution in [-0.2, 0) is 0 Å². The summed E-state index contributed by atoms with van der Waals surface area (Å²) in [5, 5.41) is 0. The van der Waals surface area contributed by atoms with E-state index in [9.17, 15) is 0 Å². The van der Waals surface area contributed by atoms with E-state index < -0.39 is 0 Å². The normalized spacial score (nSPS) is 11.3. The number of aromatic nitrogens is 2. The topological polar surface area (TPSA) is 68.8 Å². The van der Waals surface area contributed by atoms with Gasteiger partial charge in [0.25, 0.3) is 0 Å². The van der Waals surface area contributed by atoms with Gasteiger partial charge in [-0.3, -0.25) is 0 Å². The standard InChI is InChI=1S/C21H20N4/c1-12-4-6-15(7-5-12)25-20-10-16(22)13(2)8-18(20)24-19-9-14(3)17(23)11-21(19)25/h4-11H,1-3H3,(H3,22,23)/p+1. The molecule has 0 fully saturated rings. The molecule has 1 heterocycles. The zero-order chi connectivity index (χ0) is 17.7. The van der Waals surface area contributed by atoms with Crippen LogP contribution in [0.4, 0.5) is 11.4 Å². The number of aryl methyl sites for hydroxylation is 3. The second-order valence-corrected chi connectivity index (χ2v) is 6.68. The van der Waals surface area contributed by atoms with Crippen LogP contribution in [0.1, 0.15) is 16.7 Å². The Kier molecular flexibility index (Phi) is 3.35. The van der Waals surface area contributed by atoms with E-state index in [-0.39, 0.29) is 0 Å². The zero-order valence-electron chi connectivity index (χ0n) is 14.7. The van der Waals surface area contributed by atoms with E-state index in [2.05, 4.69) is 35.8 Å². The third kappa shape index (κ3) is 2.47. The second kappa shape index (κ2) is 5.45. The molecule has 4 N–H and O–H groups in total. The molecule has 4 heteroatoms. The Hall–Kier alpha value is -3.14. The third-order valence-corrected chi connectivity index (χ3v) is 4.74. The lowest BCUT2D eigenvalue weighted by atomic mass is 10.1. The van der Waals surface area contributed by atoms with Crippen LogP contribution in [0.25, 0.3) is 27.8 Å².